The maximum absolute atomic E-state index is 11.7. The van der Waals surface area contributed by atoms with E-state index in [0.717, 1.165) is 11.8 Å². The lowest BCUT2D eigenvalue weighted by molar-refractivity contribution is -1.26. The molecule has 19 heavy (non-hydrogen) atoms. The minimum atomic E-state index is -1.77. The van der Waals surface area contributed by atoms with Gasteiger partial charge in [0.15, 0.2) is 0 Å². The Morgan fingerprint density at radius 1 is 1.26 bits per heavy atom. The molecular weight excluding hydrogens is 250 g/mol. The van der Waals surface area contributed by atoms with E-state index in [2.05, 4.69) is 0 Å². The Bertz CT molecular complexity index is 580. The van der Waals surface area contributed by atoms with E-state index in [0.29, 0.717) is 10.9 Å². The summed E-state index contributed by atoms with van der Waals surface area (Å²) in [5.74, 6) is 0. The van der Waals surface area contributed by atoms with Gasteiger partial charge in [0.25, 0.3) is 5.71 Å². The van der Waals surface area contributed by atoms with E-state index >= 15 is 0 Å². The average molecular weight is 261 g/mol. The molecule has 0 spiro atoms. The highest BCUT2D eigenvalue weighted by atomic mass is 16.8. The molecule has 98 valence electrons. The fourth-order valence-corrected chi connectivity index (χ4v) is 1.61. The Morgan fingerprint density at radius 2 is 1.95 bits per heavy atom. The van der Waals surface area contributed by atoms with Gasteiger partial charge in [0, 0.05) is 6.08 Å². The minimum absolute atomic E-state index is 0.0399. The first-order valence-corrected chi connectivity index (χ1v) is 5.49. The van der Waals surface area contributed by atoms with Gasteiger partial charge in [-0.15, -0.1) is 0 Å². The maximum Gasteiger partial charge on any atom is 0.254 e. The van der Waals surface area contributed by atoms with E-state index in [1.165, 1.54) is 6.08 Å². The lowest BCUT2D eigenvalue weighted by Gasteiger charge is -2.25. The average Bonchev–Trinajstić information content (AvgIpc) is 2.41. The molecule has 1 atom stereocenters. The topological polar surface area (TPSA) is 92.3 Å². The van der Waals surface area contributed by atoms with Crippen LogP contribution < -0.4 is 0 Å². The van der Waals surface area contributed by atoms with Crippen LogP contribution in [0.2, 0.25) is 0 Å². The summed E-state index contributed by atoms with van der Waals surface area (Å²) < 4.78 is -1.31. The van der Waals surface area contributed by atoms with Gasteiger partial charge in [0.05, 0.1) is 0 Å². The van der Waals surface area contributed by atoms with Crippen molar-refractivity contribution in [1.82, 2.24) is 0 Å². The van der Waals surface area contributed by atoms with Crippen LogP contribution in [0.5, 0.6) is 0 Å². The third-order valence-corrected chi connectivity index (χ3v) is 2.65. The molecule has 0 aliphatic carbocycles. The van der Waals surface area contributed by atoms with Gasteiger partial charge in [0.2, 0.25) is 24.0 Å². The number of rotatable bonds is 3. The maximum atomic E-state index is 11.7. The third kappa shape index (κ3) is 2.84. The summed E-state index contributed by atoms with van der Waals surface area (Å²) in [7, 11) is 0. The fourth-order valence-electron chi connectivity index (χ4n) is 1.61. The highest BCUT2D eigenvalue weighted by Crippen LogP contribution is 2.12. The van der Waals surface area contributed by atoms with E-state index < -0.39 is 16.3 Å². The Labute approximate surface area is 108 Å². The zero-order valence-corrected chi connectivity index (χ0v) is 9.88. The molecule has 1 aromatic rings. The van der Waals surface area contributed by atoms with Crippen LogP contribution in [0.4, 0.5) is 0 Å². The summed E-state index contributed by atoms with van der Waals surface area (Å²) in [6.45, 7) is -0.531. The molecule has 2 rings (SSSR count). The number of benzene rings is 1. The zero-order valence-electron chi connectivity index (χ0n) is 9.88. The normalized spacial score (nSPS) is 23.0. The summed E-state index contributed by atoms with van der Waals surface area (Å²) in [5, 5.41) is 32.9. The molecular formula is C12H11N3O4. The molecule has 7 nitrogen and oxygen atoms in total. The summed E-state index contributed by atoms with van der Waals surface area (Å²) in [5.41, 5.74) is 0.876. The number of hydrogen-bond donors (Lipinski definition) is 0. The van der Waals surface area contributed by atoms with Crippen LogP contribution in [0, 0.1) is 20.5 Å². The van der Waals surface area contributed by atoms with Crippen molar-refractivity contribution in [3.63, 3.8) is 0 Å². The number of quaternary nitrogens is 1. The smallest absolute Gasteiger partial charge is 0.254 e. The number of nitro groups is 1. The Kier molecular flexibility index (Phi) is 3.41. The minimum Gasteiger partial charge on any atom is -0.618 e. The van der Waals surface area contributed by atoms with Crippen molar-refractivity contribution >= 4 is 11.8 Å². The van der Waals surface area contributed by atoms with Crippen LogP contribution >= 0.6 is 0 Å². The number of hydroxylamine groups is 3. The van der Waals surface area contributed by atoms with Crippen molar-refractivity contribution in [3.8, 4) is 0 Å². The predicted octanol–water partition coefficient (Wildman–Crippen LogP) is 1.64. The largest absolute Gasteiger partial charge is 0.618 e. The van der Waals surface area contributed by atoms with Crippen LogP contribution in [0.15, 0.2) is 48.8 Å². The molecule has 1 aromatic carbocycles. The van der Waals surface area contributed by atoms with E-state index in [1.54, 1.807) is 6.08 Å². The Balaban J connectivity index is 2.23. The molecule has 0 aromatic heterocycles. The fraction of sp³-hybridized carbons (Fsp3) is 0.0833. The lowest BCUT2D eigenvalue weighted by atomic mass is 10.2. The van der Waals surface area contributed by atoms with E-state index in [9.17, 15) is 20.5 Å². The molecule has 0 saturated carbocycles. The van der Waals surface area contributed by atoms with Gasteiger partial charge in [0.1, 0.15) is 0 Å². The van der Waals surface area contributed by atoms with Crippen LogP contribution in [-0.4, -0.2) is 26.8 Å². The van der Waals surface area contributed by atoms with E-state index in [-0.39, 0.29) is 5.71 Å². The quantitative estimate of drug-likeness (QED) is 0.272. The summed E-state index contributed by atoms with van der Waals surface area (Å²) in [6, 6.07) is 9.13. The molecule has 1 aliphatic rings. The molecule has 7 heteroatoms. The Hall–Kier alpha value is -2.51. The molecule has 0 N–H and O–H groups in total. The second-order valence-corrected chi connectivity index (χ2v) is 4.01. The SMILES string of the molecule is O=[N+]([O-])[N+]1([O-])C=C[N+]([O-])=C(C=Cc2ccccc2)C1. The summed E-state index contributed by atoms with van der Waals surface area (Å²) in [4.78, 5) is 10.7. The first-order valence-electron chi connectivity index (χ1n) is 5.49. The van der Waals surface area contributed by atoms with Crippen LogP contribution in [-0.2, 0) is 0 Å². The summed E-state index contributed by atoms with van der Waals surface area (Å²) >= 11 is 0. The standard InChI is InChI=1S/C12H11N3O4/c16-13-8-9-15(19,14(17)18)10-12(13)7-6-11-4-2-1-3-5-11/h1-9H,10H2. The van der Waals surface area contributed by atoms with Crippen LogP contribution in [0.3, 0.4) is 0 Å². The molecule has 0 saturated heterocycles. The van der Waals surface area contributed by atoms with Gasteiger partial charge < -0.3 is 10.4 Å². The van der Waals surface area contributed by atoms with Crippen molar-refractivity contribution < 1.29 is 14.5 Å². The van der Waals surface area contributed by atoms with Crippen molar-refractivity contribution in [1.29, 1.82) is 0 Å². The first-order chi connectivity index (χ1) is 9.01. The molecule has 1 heterocycles. The van der Waals surface area contributed by atoms with Gasteiger partial charge in [-0.25, -0.2) is 10.1 Å². The number of hydrogen-bond acceptors (Lipinski definition) is 4. The monoisotopic (exact) mass is 261 g/mol. The van der Waals surface area contributed by atoms with E-state index in [1.807, 2.05) is 30.3 Å². The lowest BCUT2D eigenvalue weighted by Crippen LogP contribution is -2.48. The third-order valence-electron chi connectivity index (χ3n) is 2.65. The molecule has 1 aliphatic heterocycles. The highest BCUT2D eigenvalue weighted by Gasteiger charge is 2.36. The van der Waals surface area contributed by atoms with Gasteiger partial charge in [-0.1, -0.05) is 30.3 Å². The molecule has 0 fully saturated rings. The zero-order chi connectivity index (χ0) is 13.9. The van der Waals surface area contributed by atoms with E-state index in [4.69, 9.17) is 0 Å². The number of nitrogens with zero attached hydrogens (tertiary/aromatic N) is 3. The van der Waals surface area contributed by atoms with Crippen molar-refractivity contribution in [2.24, 2.45) is 0 Å². The van der Waals surface area contributed by atoms with Crippen LogP contribution in [0.25, 0.3) is 6.08 Å². The highest BCUT2D eigenvalue weighted by molar-refractivity contribution is 5.95. The molecule has 1 unspecified atom stereocenters. The predicted molar refractivity (Wildman–Crippen MR) is 68.7 cm³/mol. The molecule has 0 radical (unpaired) electrons. The Morgan fingerprint density at radius 3 is 2.58 bits per heavy atom. The summed E-state index contributed by atoms with van der Waals surface area (Å²) in [6.07, 6.45) is 4.63. The van der Waals surface area contributed by atoms with Crippen molar-refractivity contribution in [2.75, 3.05) is 6.54 Å². The van der Waals surface area contributed by atoms with Gasteiger partial charge in [-0.2, -0.15) is 4.74 Å². The molecule has 0 bridgehead atoms. The second kappa shape index (κ2) is 5.01. The van der Waals surface area contributed by atoms with Gasteiger partial charge in [-0.05, 0) is 16.4 Å². The van der Waals surface area contributed by atoms with Crippen LogP contribution in [0.1, 0.15) is 5.56 Å². The first kappa shape index (κ1) is 12.9. The van der Waals surface area contributed by atoms with Gasteiger partial charge in [-0.3, -0.25) is 0 Å². The molecule has 0 amide bonds. The van der Waals surface area contributed by atoms with Gasteiger partial charge >= 0.3 is 0 Å². The second-order valence-electron chi connectivity index (χ2n) is 4.01. The van der Waals surface area contributed by atoms with Crippen molar-refractivity contribution in [3.05, 3.63) is 74.9 Å². The van der Waals surface area contributed by atoms with Crippen molar-refractivity contribution in [2.45, 2.75) is 0 Å².